The van der Waals surface area contributed by atoms with Crippen molar-refractivity contribution in [2.45, 2.75) is 0 Å². The van der Waals surface area contributed by atoms with Crippen LogP contribution in [-0.4, -0.2) is 19.1 Å². The molecule has 6 heteroatoms. The lowest BCUT2D eigenvalue weighted by atomic mass is 10.1. The van der Waals surface area contributed by atoms with Crippen molar-refractivity contribution in [1.82, 2.24) is 0 Å². The van der Waals surface area contributed by atoms with Crippen LogP contribution in [0.25, 0.3) is 0 Å². The van der Waals surface area contributed by atoms with Crippen LogP contribution in [0.4, 0.5) is 11.4 Å². The van der Waals surface area contributed by atoms with Gasteiger partial charge in [0.05, 0.1) is 10.7 Å². The smallest absolute Gasteiger partial charge is 0.255 e. The molecular formula is C15H13ClN2O3. The van der Waals surface area contributed by atoms with Gasteiger partial charge in [0, 0.05) is 11.3 Å². The van der Waals surface area contributed by atoms with Crippen LogP contribution in [-0.2, 0) is 0 Å². The molecule has 0 spiro atoms. The molecule has 1 aliphatic rings. The molecule has 0 aromatic heterocycles. The van der Waals surface area contributed by atoms with Crippen molar-refractivity contribution in [3.8, 4) is 11.5 Å². The Morgan fingerprint density at radius 2 is 1.86 bits per heavy atom. The molecule has 1 aliphatic heterocycles. The second-order valence-electron chi connectivity index (χ2n) is 4.55. The van der Waals surface area contributed by atoms with Crippen LogP contribution in [0.2, 0.25) is 5.02 Å². The van der Waals surface area contributed by atoms with Crippen molar-refractivity contribution in [3.05, 3.63) is 47.0 Å². The maximum absolute atomic E-state index is 12.2. The third-order valence-electron chi connectivity index (χ3n) is 3.05. The van der Waals surface area contributed by atoms with Crippen molar-refractivity contribution >= 4 is 28.9 Å². The van der Waals surface area contributed by atoms with Crippen molar-refractivity contribution in [2.75, 3.05) is 24.3 Å². The molecule has 0 radical (unpaired) electrons. The fraction of sp³-hybridized carbons (Fsp3) is 0.133. The number of anilines is 2. The first-order chi connectivity index (χ1) is 10.1. The first-order valence-corrected chi connectivity index (χ1v) is 6.77. The SMILES string of the molecule is Nc1ccc(NC(=O)c2ccc3c(c2)OCCO3)c(Cl)c1. The first-order valence-electron chi connectivity index (χ1n) is 6.39. The maximum atomic E-state index is 12.2. The minimum atomic E-state index is -0.279. The lowest BCUT2D eigenvalue weighted by Crippen LogP contribution is -2.17. The van der Waals surface area contributed by atoms with Crippen LogP contribution in [0, 0.1) is 0 Å². The van der Waals surface area contributed by atoms with Gasteiger partial charge in [0.1, 0.15) is 13.2 Å². The summed E-state index contributed by atoms with van der Waals surface area (Å²) in [4.78, 5) is 12.2. The molecule has 0 saturated carbocycles. The highest BCUT2D eigenvalue weighted by Gasteiger charge is 2.15. The lowest BCUT2D eigenvalue weighted by molar-refractivity contribution is 0.102. The van der Waals surface area contributed by atoms with E-state index in [1.807, 2.05) is 0 Å². The molecule has 0 unspecified atom stereocenters. The van der Waals surface area contributed by atoms with Crippen LogP contribution in [0.5, 0.6) is 11.5 Å². The number of amides is 1. The highest BCUT2D eigenvalue weighted by Crippen LogP contribution is 2.31. The van der Waals surface area contributed by atoms with E-state index in [0.717, 1.165) is 0 Å². The summed E-state index contributed by atoms with van der Waals surface area (Å²) in [6.45, 7) is 0.988. The largest absolute Gasteiger partial charge is 0.486 e. The van der Waals surface area contributed by atoms with Gasteiger partial charge in [-0.2, -0.15) is 0 Å². The Bertz CT molecular complexity index is 703. The van der Waals surface area contributed by atoms with Gasteiger partial charge in [-0.15, -0.1) is 0 Å². The van der Waals surface area contributed by atoms with Gasteiger partial charge in [0.2, 0.25) is 0 Å². The average Bonchev–Trinajstić information content (AvgIpc) is 2.49. The van der Waals surface area contributed by atoms with Crippen LogP contribution < -0.4 is 20.5 Å². The lowest BCUT2D eigenvalue weighted by Gasteiger charge is -2.18. The van der Waals surface area contributed by atoms with Crippen molar-refractivity contribution < 1.29 is 14.3 Å². The van der Waals surface area contributed by atoms with E-state index in [1.54, 1.807) is 36.4 Å². The molecule has 0 saturated heterocycles. The number of rotatable bonds is 2. The Balaban J connectivity index is 1.82. The van der Waals surface area contributed by atoms with E-state index in [0.29, 0.717) is 46.7 Å². The van der Waals surface area contributed by atoms with Gasteiger partial charge in [-0.1, -0.05) is 11.6 Å². The number of hydrogen-bond acceptors (Lipinski definition) is 4. The van der Waals surface area contributed by atoms with E-state index < -0.39 is 0 Å². The third kappa shape index (κ3) is 2.87. The van der Waals surface area contributed by atoms with Crippen LogP contribution in [0.3, 0.4) is 0 Å². The molecule has 21 heavy (non-hydrogen) atoms. The molecule has 3 rings (SSSR count). The molecule has 3 N–H and O–H groups in total. The molecule has 1 heterocycles. The van der Waals surface area contributed by atoms with Crippen molar-refractivity contribution in [1.29, 1.82) is 0 Å². The predicted octanol–water partition coefficient (Wildman–Crippen LogP) is 2.95. The summed E-state index contributed by atoms with van der Waals surface area (Å²) >= 11 is 6.04. The summed E-state index contributed by atoms with van der Waals surface area (Å²) in [7, 11) is 0. The summed E-state index contributed by atoms with van der Waals surface area (Å²) in [6, 6.07) is 9.96. The Morgan fingerprint density at radius 1 is 1.10 bits per heavy atom. The Morgan fingerprint density at radius 3 is 2.62 bits per heavy atom. The van der Waals surface area contributed by atoms with E-state index >= 15 is 0 Å². The molecule has 2 aromatic carbocycles. The third-order valence-corrected chi connectivity index (χ3v) is 3.36. The number of benzene rings is 2. The minimum absolute atomic E-state index is 0.279. The van der Waals surface area contributed by atoms with E-state index in [9.17, 15) is 4.79 Å². The second kappa shape index (κ2) is 5.54. The van der Waals surface area contributed by atoms with E-state index in [1.165, 1.54) is 0 Å². The van der Waals surface area contributed by atoms with Gasteiger partial charge in [-0.05, 0) is 36.4 Å². The average molecular weight is 305 g/mol. The zero-order valence-corrected chi connectivity index (χ0v) is 11.8. The standard InChI is InChI=1S/C15H13ClN2O3/c16-11-8-10(17)2-3-12(11)18-15(19)9-1-4-13-14(7-9)21-6-5-20-13/h1-4,7-8H,5-6,17H2,(H,18,19). The Kier molecular flexibility index (Phi) is 3.58. The number of fused-ring (bicyclic) bond motifs is 1. The maximum Gasteiger partial charge on any atom is 0.255 e. The number of hydrogen-bond donors (Lipinski definition) is 2. The van der Waals surface area contributed by atoms with Crippen LogP contribution in [0.15, 0.2) is 36.4 Å². The predicted molar refractivity (Wildman–Crippen MR) is 81.2 cm³/mol. The molecule has 5 nitrogen and oxygen atoms in total. The number of halogens is 1. The summed E-state index contributed by atoms with van der Waals surface area (Å²) in [5.41, 5.74) is 7.13. The van der Waals surface area contributed by atoms with Gasteiger partial charge in [0.15, 0.2) is 11.5 Å². The number of nitrogens with one attached hydrogen (secondary N) is 1. The highest BCUT2D eigenvalue weighted by molar-refractivity contribution is 6.34. The van der Waals surface area contributed by atoms with Crippen LogP contribution in [0.1, 0.15) is 10.4 Å². The summed E-state index contributed by atoms with van der Waals surface area (Å²) in [5.74, 6) is 0.930. The minimum Gasteiger partial charge on any atom is -0.486 e. The van der Waals surface area contributed by atoms with E-state index in [4.69, 9.17) is 26.8 Å². The Labute approximate surface area is 126 Å². The molecule has 0 bridgehead atoms. The monoisotopic (exact) mass is 304 g/mol. The van der Waals surface area contributed by atoms with E-state index in [-0.39, 0.29) is 5.91 Å². The van der Waals surface area contributed by atoms with Crippen molar-refractivity contribution in [3.63, 3.8) is 0 Å². The molecule has 0 fully saturated rings. The van der Waals surface area contributed by atoms with Crippen LogP contribution >= 0.6 is 11.6 Å². The summed E-state index contributed by atoms with van der Waals surface area (Å²) in [6.07, 6.45) is 0. The number of carbonyl (C=O) groups excluding carboxylic acids is 1. The fourth-order valence-corrected chi connectivity index (χ4v) is 2.25. The fourth-order valence-electron chi connectivity index (χ4n) is 2.01. The number of nitrogen functional groups attached to an aromatic ring is 1. The van der Waals surface area contributed by atoms with Crippen molar-refractivity contribution in [2.24, 2.45) is 0 Å². The van der Waals surface area contributed by atoms with Gasteiger partial charge >= 0.3 is 0 Å². The summed E-state index contributed by atoms with van der Waals surface area (Å²) in [5, 5.41) is 3.13. The van der Waals surface area contributed by atoms with Gasteiger partial charge in [0.25, 0.3) is 5.91 Å². The first kappa shape index (κ1) is 13.6. The zero-order valence-electron chi connectivity index (χ0n) is 11.1. The molecular weight excluding hydrogens is 292 g/mol. The second-order valence-corrected chi connectivity index (χ2v) is 4.96. The van der Waals surface area contributed by atoms with Gasteiger partial charge in [-0.3, -0.25) is 4.79 Å². The van der Waals surface area contributed by atoms with Gasteiger partial charge in [-0.25, -0.2) is 0 Å². The normalized spacial score (nSPS) is 12.8. The zero-order chi connectivity index (χ0) is 14.8. The number of carbonyl (C=O) groups is 1. The molecule has 108 valence electrons. The topological polar surface area (TPSA) is 73.6 Å². The van der Waals surface area contributed by atoms with E-state index in [2.05, 4.69) is 5.32 Å². The quantitative estimate of drug-likeness (QED) is 0.837. The summed E-state index contributed by atoms with van der Waals surface area (Å²) < 4.78 is 10.9. The number of nitrogens with two attached hydrogens (primary N) is 1. The molecule has 1 amide bonds. The highest BCUT2D eigenvalue weighted by atomic mass is 35.5. The Hall–Kier alpha value is -2.40. The molecule has 0 atom stereocenters. The molecule has 2 aromatic rings. The number of ether oxygens (including phenoxy) is 2. The molecule has 0 aliphatic carbocycles. The van der Waals surface area contributed by atoms with Gasteiger partial charge < -0.3 is 20.5 Å².